The molecule has 110 valence electrons. The molecule has 20 heavy (non-hydrogen) atoms. The minimum absolute atomic E-state index is 0.475. The SMILES string of the molecule is Nc1ccc(N2CCCCCC23OS(=O)(=O)O3)c(N)c1. The molecule has 3 rings (SSSR count). The van der Waals surface area contributed by atoms with E-state index >= 15 is 0 Å². The van der Waals surface area contributed by atoms with E-state index in [1.54, 1.807) is 23.1 Å². The lowest BCUT2D eigenvalue weighted by molar-refractivity contribution is -0.189. The molecule has 8 heteroatoms. The van der Waals surface area contributed by atoms with Crippen LogP contribution in [-0.4, -0.2) is 20.9 Å². The molecule has 0 amide bonds. The Hall–Kier alpha value is -1.51. The number of benzene rings is 1. The van der Waals surface area contributed by atoms with Crippen LogP contribution < -0.4 is 16.4 Å². The molecular weight excluding hydrogens is 282 g/mol. The first-order valence-electron chi connectivity index (χ1n) is 6.51. The molecule has 0 saturated carbocycles. The third kappa shape index (κ3) is 2.19. The molecular formula is C12H17N3O4S. The molecule has 0 radical (unpaired) electrons. The van der Waals surface area contributed by atoms with Gasteiger partial charge in [-0.25, -0.2) is 0 Å². The highest BCUT2D eigenvalue weighted by molar-refractivity contribution is 7.82. The quantitative estimate of drug-likeness (QED) is 0.749. The number of rotatable bonds is 1. The largest absolute Gasteiger partial charge is 0.408 e. The van der Waals surface area contributed by atoms with E-state index < -0.39 is 16.3 Å². The number of hydrogen-bond donors (Lipinski definition) is 2. The van der Waals surface area contributed by atoms with Crippen molar-refractivity contribution in [2.24, 2.45) is 0 Å². The molecule has 1 aromatic rings. The lowest BCUT2D eigenvalue weighted by atomic mass is 10.2. The van der Waals surface area contributed by atoms with E-state index in [2.05, 4.69) is 0 Å². The first-order valence-corrected chi connectivity index (χ1v) is 7.84. The summed E-state index contributed by atoms with van der Waals surface area (Å²) < 4.78 is 32.7. The Morgan fingerprint density at radius 3 is 2.55 bits per heavy atom. The van der Waals surface area contributed by atoms with E-state index in [1.807, 2.05) is 0 Å². The van der Waals surface area contributed by atoms with Crippen LogP contribution in [0.3, 0.4) is 0 Å². The fourth-order valence-corrected chi connectivity index (χ4v) is 3.72. The first-order chi connectivity index (χ1) is 9.42. The Kier molecular flexibility index (Phi) is 3.03. The normalized spacial score (nSPS) is 24.1. The number of nitrogens with zero attached hydrogens (tertiary/aromatic N) is 1. The number of nitrogen functional groups attached to an aromatic ring is 2. The van der Waals surface area contributed by atoms with Crippen molar-refractivity contribution in [2.45, 2.75) is 31.6 Å². The van der Waals surface area contributed by atoms with E-state index in [0.717, 1.165) is 19.3 Å². The van der Waals surface area contributed by atoms with Gasteiger partial charge in [-0.05, 0) is 31.0 Å². The third-order valence-corrected chi connectivity index (χ3v) is 4.52. The van der Waals surface area contributed by atoms with Crippen molar-refractivity contribution in [1.29, 1.82) is 0 Å². The van der Waals surface area contributed by atoms with Crippen molar-refractivity contribution in [1.82, 2.24) is 0 Å². The molecule has 4 N–H and O–H groups in total. The van der Waals surface area contributed by atoms with Gasteiger partial charge in [-0.15, -0.1) is 0 Å². The Balaban J connectivity index is 1.99. The highest BCUT2D eigenvalue weighted by Gasteiger charge is 2.57. The minimum Gasteiger partial charge on any atom is -0.399 e. The summed E-state index contributed by atoms with van der Waals surface area (Å²) in [6.07, 6.45) is 3.22. The predicted molar refractivity (Wildman–Crippen MR) is 74.9 cm³/mol. The summed E-state index contributed by atoms with van der Waals surface area (Å²) in [5.41, 5.74) is 13.4. The maximum Gasteiger partial charge on any atom is 0.408 e. The highest BCUT2D eigenvalue weighted by atomic mass is 32.3. The molecule has 0 aromatic heterocycles. The molecule has 1 aromatic carbocycles. The van der Waals surface area contributed by atoms with Crippen molar-refractivity contribution in [3.05, 3.63) is 18.2 Å². The van der Waals surface area contributed by atoms with Crippen molar-refractivity contribution < 1.29 is 16.8 Å². The molecule has 2 aliphatic heterocycles. The minimum atomic E-state index is -3.87. The average molecular weight is 299 g/mol. The molecule has 0 aliphatic carbocycles. The van der Waals surface area contributed by atoms with Crippen LogP contribution in [0, 0.1) is 0 Å². The molecule has 0 bridgehead atoms. The zero-order chi connectivity index (χ0) is 14.4. The van der Waals surface area contributed by atoms with Gasteiger partial charge in [0.05, 0.1) is 11.4 Å². The average Bonchev–Trinajstić information content (AvgIpc) is 2.51. The third-order valence-electron chi connectivity index (χ3n) is 3.59. The van der Waals surface area contributed by atoms with Gasteiger partial charge < -0.3 is 16.4 Å². The van der Waals surface area contributed by atoms with Crippen LogP contribution in [0.1, 0.15) is 25.7 Å². The maximum absolute atomic E-state index is 11.3. The van der Waals surface area contributed by atoms with Gasteiger partial charge in [-0.1, -0.05) is 6.42 Å². The van der Waals surface area contributed by atoms with Crippen LogP contribution in [0.4, 0.5) is 17.1 Å². The van der Waals surface area contributed by atoms with Crippen LogP contribution in [0.15, 0.2) is 18.2 Å². The molecule has 2 aliphatic rings. The van der Waals surface area contributed by atoms with E-state index in [9.17, 15) is 8.42 Å². The lowest BCUT2D eigenvalue weighted by Crippen LogP contribution is -2.62. The second-order valence-electron chi connectivity index (χ2n) is 5.07. The number of hydrogen-bond acceptors (Lipinski definition) is 7. The van der Waals surface area contributed by atoms with Crippen LogP contribution in [0.2, 0.25) is 0 Å². The second kappa shape index (κ2) is 4.51. The molecule has 2 fully saturated rings. The summed E-state index contributed by atoms with van der Waals surface area (Å²) in [4.78, 5) is 1.77. The molecule has 7 nitrogen and oxygen atoms in total. The monoisotopic (exact) mass is 299 g/mol. The fourth-order valence-electron chi connectivity index (χ4n) is 2.72. The maximum atomic E-state index is 11.3. The lowest BCUT2D eigenvalue weighted by Gasteiger charge is -2.46. The van der Waals surface area contributed by atoms with Gasteiger partial charge in [0.25, 0.3) is 5.91 Å². The Bertz CT molecular complexity index is 620. The van der Waals surface area contributed by atoms with E-state index in [-0.39, 0.29) is 0 Å². The predicted octanol–water partition coefficient (Wildman–Crippen LogP) is 1.18. The zero-order valence-electron chi connectivity index (χ0n) is 10.9. The molecule has 0 unspecified atom stereocenters. The summed E-state index contributed by atoms with van der Waals surface area (Å²) >= 11 is 0. The number of anilines is 3. The van der Waals surface area contributed by atoms with Crippen LogP contribution in [0.25, 0.3) is 0 Å². The summed E-state index contributed by atoms with van der Waals surface area (Å²) in [7, 11) is -3.87. The summed E-state index contributed by atoms with van der Waals surface area (Å²) in [6.45, 7) is 0.615. The van der Waals surface area contributed by atoms with Crippen LogP contribution in [0.5, 0.6) is 0 Å². The van der Waals surface area contributed by atoms with Crippen molar-refractivity contribution in [2.75, 3.05) is 22.9 Å². The van der Waals surface area contributed by atoms with Crippen molar-refractivity contribution >= 4 is 27.5 Å². The van der Waals surface area contributed by atoms with Gasteiger partial charge in [0, 0.05) is 18.7 Å². The highest BCUT2D eigenvalue weighted by Crippen LogP contribution is 2.44. The van der Waals surface area contributed by atoms with Crippen molar-refractivity contribution in [3.8, 4) is 0 Å². The number of nitrogens with two attached hydrogens (primary N) is 2. The van der Waals surface area contributed by atoms with Crippen LogP contribution in [-0.2, 0) is 18.8 Å². The Morgan fingerprint density at radius 2 is 1.90 bits per heavy atom. The topological polar surface area (TPSA) is 108 Å². The summed E-state index contributed by atoms with van der Waals surface area (Å²) in [6, 6.07) is 5.12. The zero-order valence-corrected chi connectivity index (χ0v) is 11.7. The molecule has 2 heterocycles. The van der Waals surface area contributed by atoms with Gasteiger partial charge in [0.1, 0.15) is 0 Å². The van der Waals surface area contributed by atoms with E-state index in [1.165, 1.54) is 0 Å². The fraction of sp³-hybridized carbons (Fsp3) is 0.500. The molecule has 1 spiro atoms. The Labute approximate surface area is 117 Å². The molecule has 0 atom stereocenters. The van der Waals surface area contributed by atoms with Gasteiger partial charge in [0.15, 0.2) is 0 Å². The van der Waals surface area contributed by atoms with E-state index in [0.29, 0.717) is 30.0 Å². The van der Waals surface area contributed by atoms with Gasteiger partial charge in [0.2, 0.25) is 0 Å². The summed E-state index contributed by atoms with van der Waals surface area (Å²) in [5.74, 6) is -1.25. The standard InChI is InChI=1S/C12H17N3O4S/c13-9-4-5-11(10(14)8-9)15-7-3-1-2-6-12(15)18-20(16,17)19-12/h4-5,8H,1-3,6-7,13-14H2. The van der Waals surface area contributed by atoms with Gasteiger partial charge >= 0.3 is 10.4 Å². The van der Waals surface area contributed by atoms with Gasteiger partial charge in [-0.3, -0.25) is 0 Å². The second-order valence-corrected chi connectivity index (χ2v) is 6.22. The summed E-state index contributed by atoms with van der Waals surface area (Å²) in [5, 5.41) is 0. The van der Waals surface area contributed by atoms with Gasteiger partial charge in [-0.2, -0.15) is 16.8 Å². The van der Waals surface area contributed by atoms with E-state index in [4.69, 9.17) is 19.8 Å². The molecule has 2 saturated heterocycles. The smallest absolute Gasteiger partial charge is 0.399 e. The van der Waals surface area contributed by atoms with Crippen molar-refractivity contribution in [3.63, 3.8) is 0 Å². The Morgan fingerprint density at radius 1 is 1.15 bits per heavy atom. The van der Waals surface area contributed by atoms with Crippen LogP contribution >= 0.6 is 0 Å². The first kappa shape index (κ1) is 13.5.